The van der Waals surface area contributed by atoms with Gasteiger partial charge in [-0.25, -0.2) is 0 Å². The molecule has 0 unspecified atom stereocenters. The van der Waals surface area contributed by atoms with Crippen LogP contribution in [0.15, 0.2) is 59.2 Å². The number of rotatable bonds is 8. The number of nitrogens with one attached hydrogen (secondary N) is 3. The Morgan fingerprint density at radius 3 is 2.09 bits per heavy atom. The average molecular weight is 434 g/mol. The van der Waals surface area contributed by atoms with Crippen LogP contribution in [0.3, 0.4) is 0 Å². The summed E-state index contributed by atoms with van der Waals surface area (Å²) in [5.74, 6) is -0.554. The van der Waals surface area contributed by atoms with E-state index in [9.17, 15) is 14.4 Å². The SMILES string of the molecule is Cc1cccc(CNC(=O)c2cc(C)c(C(=O)NCCNC(=O)c3ccco3)c(C)c2)c1. The normalized spacial score (nSPS) is 10.5. The van der Waals surface area contributed by atoms with Gasteiger partial charge >= 0.3 is 0 Å². The highest BCUT2D eigenvalue weighted by molar-refractivity contribution is 6.00. The van der Waals surface area contributed by atoms with Crippen LogP contribution in [0.5, 0.6) is 0 Å². The van der Waals surface area contributed by atoms with E-state index in [0.29, 0.717) is 28.8 Å². The molecular weight excluding hydrogens is 406 g/mol. The molecule has 7 heteroatoms. The minimum Gasteiger partial charge on any atom is -0.459 e. The van der Waals surface area contributed by atoms with Crippen molar-refractivity contribution in [1.29, 1.82) is 0 Å². The Bertz CT molecular complexity index is 1100. The Morgan fingerprint density at radius 2 is 1.47 bits per heavy atom. The molecule has 3 amide bonds. The lowest BCUT2D eigenvalue weighted by Gasteiger charge is -2.13. The number of amides is 3. The van der Waals surface area contributed by atoms with Crippen molar-refractivity contribution < 1.29 is 18.8 Å². The summed E-state index contributed by atoms with van der Waals surface area (Å²) < 4.78 is 5.02. The van der Waals surface area contributed by atoms with Crippen molar-refractivity contribution in [3.05, 3.63) is 93.9 Å². The van der Waals surface area contributed by atoms with E-state index in [4.69, 9.17) is 4.42 Å². The standard InChI is InChI=1S/C25H27N3O4/c1-16-6-4-7-19(12-16)15-28-23(29)20-13-17(2)22(18(3)14-20)25(31)27-10-9-26-24(30)21-8-5-11-32-21/h4-8,11-14H,9-10,15H2,1-3H3,(H,26,30)(H,27,31)(H,28,29). The van der Waals surface area contributed by atoms with Crippen molar-refractivity contribution in [1.82, 2.24) is 16.0 Å². The predicted molar refractivity (Wildman–Crippen MR) is 122 cm³/mol. The van der Waals surface area contributed by atoms with E-state index in [-0.39, 0.29) is 36.6 Å². The van der Waals surface area contributed by atoms with Crippen LogP contribution in [0.25, 0.3) is 0 Å². The lowest BCUT2D eigenvalue weighted by Crippen LogP contribution is -2.35. The summed E-state index contributed by atoms with van der Waals surface area (Å²) in [6.07, 6.45) is 1.43. The van der Waals surface area contributed by atoms with Crippen LogP contribution in [0.1, 0.15) is 53.5 Å². The molecule has 166 valence electrons. The Morgan fingerprint density at radius 1 is 0.781 bits per heavy atom. The van der Waals surface area contributed by atoms with Gasteiger partial charge in [0, 0.05) is 30.8 Å². The van der Waals surface area contributed by atoms with Crippen molar-refractivity contribution in [2.45, 2.75) is 27.3 Å². The van der Waals surface area contributed by atoms with Gasteiger partial charge in [-0.05, 0) is 61.7 Å². The van der Waals surface area contributed by atoms with Crippen molar-refractivity contribution in [2.75, 3.05) is 13.1 Å². The molecule has 0 fully saturated rings. The first kappa shape index (κ1) is 22.8. The van der Waals surface area contributed by atoms with Crippen molar-refractivity contribution in [3.63, 3.8) is 0 Å². The van der Waals surface area contributed by atoms with E-state index in [1.165, 1.54) is 6.26 Å². The van der Waals surface area contributed by atoms with E-state index in [1.807, 2.05) is 31.2 Å². The van der Waals surface area contributed by atoms with E-state index in [2.05, 4.69) is 16.0 Å². The molecule has 0 spiro atoms. The Labute approximate surface area is 187 Å². The molecule has 32 heavy (non-hydrogen) atoms. The molecule has 1 aromatic heterocycles. The maximum atomic E-state index is 12.6. The van der Waals surface area contributed by atoms with Crippen LogP contribution in [0.2, 0.25) is 0 Å². The van der Waals surface area contributed by atoms with Gasteiger partial charge in [0.1, 0.15) is 0 Å². The van der Waals surface area contributed by atoms with E-state index in [1.54, 1.807) is 38.1 Å². The molecule has 0 aliphatic heterocycles. The van der Waals surface area contributed by atoms with Gasteiger partial charge in [0.05, 0.1) is 6.26 Å². The molecule has 3 rings (SSSR count). The minimum atomic E-state index is -0.336. The molecular formula is C25H27N3O4. The van der Waals surface area contributed by atoms with E-state index < -0.39 is 0 Å². The third-order valence-corrected chi connectivity index (χ3v) is 5.00. The zero-order chi connectivity index (χ0) is 23.1. The summed E-state index contributed by atoms with van der Waals surface area (Å²) in [5.41, 5.74) is 4.62. The van der Waals surface area contributed by atoms with Gasteiger partial charge in [-0.1, -0.05) is 29.8 Å². The molecule has 2 aromatic carbocycles. The third kappa shape index (κ3) is 5.85. The zero-order valence-electron chi connectivity index (χ0n) is 18.5. The molecule has 1 heterocycles. The summed E-state index contributed by atoms with van der Waals surface area (Å²) >= 11 is 0. The summed E-state index contributed by atoms with van der Waals surface area (Å²) in [5, 5.41) is 8.40. The highest BCUT2D eigenvalue weighted by atomic mass is 16.3. The molecule has 0 aliphatic carbocycles. The first-order valence-corrected chi connectivity index (χ1v) is 10.4. The molecule has 0 bridgehead atoms. The number of carbonyl (C=O) groups excluding carboxylic acids is 3. The number of benzene rings is 2. The second-order valence-electron chi connectivity index (χ2n) is 7.65. The van der Waals surface area contributed by atoms with Crippen molar-refractivity contribution in [2.24, 2.45) is 0 Å². The van der Waals surface area contributed by atoms with Crippen LogP contribution >= 0.6 is 0 Å². The number of furan rings is 1. The number of hydrogen-bond donors (Lipinski definition) is 3. The second-order valence-corrected chi connectivity index (χ2v) is 7.65. The first-order valence-electron chi connectivity index (χ1n) is 10.4. The van der Waals surface area contributed by atoms with Gasteiger partial charge < -0.3 is 20.4 Å². The predicted octanol–water partition coefficient (Wildman–Crippen LogP) is 3.29. The maximum Gasteiger partial charge on any atom is 0.287 e. The lowest BCUT2D eigenvalue weighted by atomic mass is 9.98. The fourth-order valence-electron chi connectivity index (χ4n) is 3.49. The number of carbonyl (C=O) groups is 3. The molecule has 3 N–H and O–H groups in total. The van der Waals surface area contributed by atoms with Gasteiger partial charge in [0.15, 0.2) is 5.76 Å². The van der Waals surface area contributed by atoms with Gasteiger partial charge in [-0.2, -0.15) is 0 Å². The summed E-state index contributed by atoms with van der Waals surface area (Å²) in [6.45, 7) is 6.58. The fraction of sp³-hybridized carbons (Fsp3) is 0.240. The van der Waals surface area contributed by atoms with Gasteiger partial charge in [-0.15, -0.1) is 0 Å². The summed E-state index contributed by atoms with van der Waals surface area (Å²) in [4.78, 5) is 37.1. The van der Waals surface area contributed by atoms with Crippen LogP contribution in [0.4, 0.5) is 0 Å². The van der Waals surface area contributed by atoms with Gasteiger partial charge in [0.2, 0.25) is 0 Å². The van der Waals surface area contributed by atoms with Crippen LogP contribution in [-0.4, -0.2) is 30.8 Å². The Hall–Kier alpha value is -3.87. The molecule has 3 aromatic rings. The lowest BCUT2D eigenvalue weighted by molar-refractivity contribution is 0.0910. The molecule has 7 nitrogen and oxygen atoms in total. The van der Waals surface area contributed by atoms with E-state index in [0.717, 1.165) is 11.1 Å². The Balaban J connectivity index is 1.55. The van der Waals surface area contributed by atoms with E-state index >= 15 is 0 Å². The van der Waals surface area contributed by atoms with Crippen molar-refractivity contribution >= 4 is 17.7 Å². The highest BCUT2D eigenvalue weighted by Crippen LogP contribution is 2.17. The maximum absolute atomic E-state index is 12.6. The smallest absolute Gasteiger partial charge is 0.287 e. The summed E-state index contributed by atoms with van der Waals surface area (Å²) in [6, 6.07) is 14.6. The second kappa shape index (κ2) is 10.4. The molecule has 0 saturated carbocycles. The summed E-state index contributed by atoms with van der Waals surface area (Å²) in [7, 11) is 0. The number of hydrogen-bond acceptors (Lipinski definition) is 4. The monoisotopic (exact) mass is 433 g/mol. The molecule has 0 saturated heterocycles. The minimum absolute atomic E-state index is 0.190. The molecule has 0 atom stereocenters. The third-order valence-electron chi connectivity index (χ3n) is 5.00. The first-order chi connectivity index (χ1) is 15.3. The van der Waals surface area contributed by atoms with Crippen LogP contribution in [0, 0.1) is 20.8 Å². The van der Waals surface area contributed by atoms with Crippen LogP contribution in [-0.2, 0) is 6.54 Å². The van der Waals surface area contributed by atoms with Crippen LogP contribution < -0.4 is 16.0 Å². The van der Waals surface area contributed by atoms with Gasteiger partial charge in [0.25, 0.3) is 17.7 Å². The fourth-order valence-corrected chi connectivity index (χ4v) is 3.49. The topological polar surface area (TPSA) is 100 Å². The molecule has 0 aliphatic rings. The average Bonchev–Trinajstić information content (AvgIpc) is 3.29. The molecule has 0 radical (unpaired) electrons. The quantitative estimate of drug-likeness (QED) is 0.475. The van der Waals surface area contributed by atoms with Crippen molar-refractivity contribution in [3.8, 4) is 0 Å². The Kier molecular flexibility index (Phi) is 7.44. The number of aryl methyl sites for hydroxylation is 3. The van der Waals surface area contributed by atoms with Gasteiger partial charge in [-0.3, -0.25) is 14.4 Å². The largest absolute Gasteiger partial charge is 0.459 e. The zero-order valence-corrected chi connectivity index (χ0v) is 18.5. The highest BCUT2D eigenvalue weighted by Gasteiger charge is 2.16.